The number of phenolic OH excluding ortho intramolecular Hbond substituents is 1. The number of benzene rings is 1. The molecule has 0 saturated carbocycles. The SMILES string of the molecule is Nc1ncnc2c1c(-c1cc(O)c(F)c(F)c1)nn2CCNCc1cccnc1. The molecule has 0 radical (unpaired) electrons. The van der Waals surface area contributed by atoms with Crippen molar-refractivity contribution in [3.63, 3.8) is 0 Å². The van der Waals surface area contributed by atoms with Gasteiger partial charge in [-0.3, -0.25) is 4.98 Å². The highest BCUT2D eigenvalue weighted by Crippen LogP contribution is 2.33. The van der Waals surface area contributed by atoms with Crippen LogP contribution in [0.5, 0.6) is 5.75 Å². The van der Waals surface area contributed by atoms with Crippen molar-refractivity contribution in [2.45, 2.75) is 13.1 Å². The summed E-state index contributed by atoms with van der Waals surface area (Å²) in [5.74, 6) is -3.15. The van der Waals surface area contributed by atoms with E-state index in [1.807, 2.05) is 12.1 Å². The van der Waals surface area contributed by atoms with Crippen molar-refractivity contribution in [3.8, 4) is 17.0 Å². The molecule has 10 heteroatoms. The van der Waals surface area contributed by atoms with Gasteiger partial charge in [-0.25, -0.2) is 19.0 Å². The number of halogens is 2. The lowest BCUT2D eigenvalue weighted by atomic mass is 10.1. The molecule has 0 aliphatic rings. The van der Waals surface area contributed by atoms with Crippen LogP contribution >= 0.6 is 0 Å². The number of nitrogen functional groups attached to an aromatic ring is 1. The molecule has 1 aromatic carbocycles. The molecule has 3 heterocycles. The number of fused-ring (bicyclic) bond motifs is 1. The molecular formula is C19H17F2N7O. The number of nitrogens with one attached hydrogen (secondary N) is 1. The van der Waals surface area contributed by atoms with Crippen molar-refractivity contribution in [1.82, 2.24) is 30.0 Å². The number of rotatable bonds is 6. The number of nitrogens with zero attached hydrogens (tertiary/aromatic N) is 5. The number of hydrogen-bond acceptors (Lipinski definition) is 7. The predicted molar refractivity (Wildman–Crippen MR) is 103 cm³/mol. The average molecular weight is 397 g/mol. The zero-order chi connectivity index (χ0) is 20.4. The zero-order valence-electron chi connectivity index (χ0n) is 15.2. The van der Waals surface area contributed by atoms with Crippen molar-refractivity contribution in [2.75, 3.05) is 12.3 Å². The molecule has 0 amide bonds. The number of pyridine rings is 1. The Kier molecular flexibility index (Phi) is 5.00. The smallest absolute Gasteiger partial charge is 0.200 e. The normalized spacial score (nSPS) is 11.2. The van der Waals surface area contributed by atoms with Crippen LogP contribution < -0.4 is 11.1 Å². The summed E-state index contributed by atoms with van der Waals surface area (Å²) < 4.78 is 28.9. The summed E-state index contributed by atoms with van der Waals surface area (Å²) in [7, 11) is 0. The lowest BCUT2D eigenvalue weighted by Crippen LogP contribution is -2.20. The Bertz CT molecular complexity index is 1140. The van der Waals surface area contributed by atoms with Gasteiger partial charge in [0.25, 0.3) is 0 Å². The van der Waals surface area contributed by atoms with Gasteiger partial charge in [-0.2, -0.15) is 9.49 Å². The number of anilines is 1. The molecule has 8 nitrogen and oxygen atoms in total. The van der Waals surface area contributed by atoms with Gasteiger partial charge in [0.2, 0.25) is 0 Å². The maximum atomic E-state index is 13.8. The summed E-state index contributed by atoms with van der Waals surface area (Å²) >= 11 is 0. The second kappa shape index (κ2) is 7.76. The third-order valence-electron chi connectivity index (χ3n) is 4.39. The standard InChI is InChI=1S/C19H17F2N7O/c20-13-6-12(7-14(29)16(13)21)17-15-18(22)25-10-26-19(15)28(27-17)5-4-24-9-11-2-1-3-23-8-11/h1-3,6-8,10,24,29H,4-5,9H2,(H2,22,25,26). The Balaban J connectivity index is 1.63. The summed E-state index contributed by atoms with van der Waals surface area (Å²) in [6, 6.07) is 5.87. The van der Waals surface area contributed by atoms with E-state index < -0.39 is 17.4 Å². The van der Waals surface area contributed by atoms with Crippen LogP contribution in [0.1, 0.15) is 5.56 Å². The number of nitrogens with two attached hydrogens (primary N) is 1. The number of hydrogen-bond donors (Lipinski definition) is 3. The zero-order valence-corrected chi connectivity index (χ0v) is 15.2. The topological polar surface area (TPSA) is 115 Å². The van der Waals surface area contributed by atoms with E-state index in [1.165, 1.54) is 6.33 Å². The highest BCUT2D eigenvalue weighted by atomic mass is 19.2. The molecule has 0 spiro atoms. The molecule has 0 saturated heterocycles. The van der Waals surface area contributed by atoms with Crippen LogP contribution in [0.2, 0.25) is 0 Å². The first-order valence-corrected chi connectivity index (χ1v) is 8.79. The summed E-state index contributed by atoms with van der Waals surface area (Å²) in [6.07, 6.45) is 4.80. The maximum absolute atomic E-state index is 13.8. The van der Waals surface area contributed by atoms with Gasteiger partial charge < -0.3 is 16.2 Å². The maximum Gasteiger partial charge on any atom is 0.200 e. The summed E-state index contributed by atoms with van der Waals surface area (Å²) in [5.41, 5.74) is 7.93. The van der Waals surface area contributed by atoms with Gasteiger partial charge in [0, 0.05) is 31.0 Å². The van der Waals surface area contributed by atoms with E-state index in [9.17, 15) is 13.9 Å². The van der Waals surface area contributed by atoms with Gasteiger partial charge in [0.1, 0.15) is 17.8 Å². The second-order valence-electron chi connectivity index (χ2n) is 6.36. The quantitative estimate of drug-likeness (QED) is 0.428. The van der Waals surface area contributed by atoms with Crippen LogP contribution in [0.25, 0.3) is 22.3 Å². The summed E-state index contributed by atoms with van der Waals surface area (Å²) in [5, 5.41) is 17.8. The molecule has 4 rings (SSSR count). The van der Waals surface area contributed by atoms with Crippen LogP contribution in [-0.2, 0) is 13.1 Å². The van der Waals surface area contributed by atoms with Gasteiger partial charge >= 0.3 is 0 Å². The number of phenols is 1. The van der Waals surface area contributed by atoms with Crippen molar-refractivity contribution in [1.29, 1.82) is 0 Å². The van der Waals surface area contributed by atoms with E-state index in [0.29, 0.717) is 30.7 Å². The van der Waals surface area contributed by atoms with E-state index in [0.717, 1.165) is 17.7 Å². The summed E-state index contributed by atoms with van der Waals surface area (Å²) in [6.45, 7) is 1.65. The Labute approximate surface area is 164 Å². The fraction of sp³-hybridized carbons (Fsp3) is 0.158. The van der Waals surface area contributed by atoms with Crippen LogP contribution in [0.4, 0.5) is 14.6 Å². The van der Waals surface area contributed by atoms with Crippen molar-refractivity contribution in [2.24, 2.45) is 0 Å². The van der Waals surface area contributed by atoms with Crippen LogP contribution in [0, 0.1) is 11.6 Å². The van der Waals surface area contributed by atoms with Gasteiger partial charge in [0.05, 0.1) is 11.9 Å². The molecule has 0 bridgehead atoms. The van der Waals surface area contributed by atoms with E-state index in [1.54, 1.807) is 17.1 Å². The van der Waals surface area contributed by atoms with Crippen LogP contribution in [0.15, 0.2) is 43.0 Å². The highest BCUT2D eigenvalue weighted by molar-refractivity contribution is 5.98. The van der Waals surface area contributed by atoms with Crippen LogP contribution in [0.3, 0.4) is 0 Å². The van der Waals surface area contributed by atoms with Gasteiger partial charge in [0.15, 0.2) is 23.0 Å². The molecular weight excluding hydrogens is 380 g/mol. The Morgan fingerprint density at radius 2 is 2.07 bits per heavy atom. The fourth-order valence-corrected chi connectivity index (χ4v) is 3.02. The molecule has 29 heavy (non-hydrogen) atoms. The first-order chi connectivity index (χ1) is 14.0. The van der Waals surface area contributed by atoms with E-state index >= 15 is 0 Å². The monoisotopic (exact) mass is 397 g/mol. The molecule has 0 atom stereocenters. The van der Waals surface area contributed by atoms with Crippen molar-refractivity contribution < 1.29 is 13.9 Å². The minimum atomic E-state index is -1.32. The average Bonchev–Trinajstić information content (AvgIpc) is 3.10. The Morgan fingerprint density at radius 3 is 2.83 bits per heavy atom. The van der Waals surface area contributed by atoms with E-state index in [-0.39, 0.29) is 17.1 Å². The second-order valence-corrected chi connectivity index (χ2v) is 6.36. The van der Waals surface area contributed by atoms with E-state index in [4.69, 9.17) is 5.73 Å². The number of aromatic hydroxyl groups is 1. The summed E-state index contributed by atoms with van der Waals surface area (Å²) in [4.78, 5) is 12.3. The van der Waals surface area contributed by atoms with Crippen molar-refractivity contribution >= 4 is 16.9 Å². The molecule has 3 aromatic heterocycles. The highest BCUT2D eigenvalue weighted by Gasteiger charge is 2.19. The molecule has 0 aliphatic heterocycles. The third-order valence-corrected chi connectivity index (χ3v) is 4.39. The lowest BCUT2D eigenvalue weighted by molar-refractivity contribution is 0.407. The van der Waals surface area contributed by atoms with Gasteiger partial charge in [-0.1, -0.05) is 6.07 Å². The van der Waals surface area contributed by atoms with Crippen molar-refractivity contribution in [3.05, 3.63) is 60.2 Å². The lowest BCUT2D eigenvalue weighted by Gasteiger charge is -2.05. The minimum Gasteiger partial charge on any atom is -0.505 e. The Hall–Kier alpha value is -3.66. The molecule has 4 N–H and O–H groups in total. The minimum absolute atomic E-state index is 0.156. The third kappa shape index (κ3) is 3.69. The largest absolute Gasteiger partial charge is 0.505 e. The number of aromatic nitrogens is 5. The molecule has 0 aliphatic carbocycles. The molecule has 0 fully saturated rings. The molecule has 4 aromatic rings. The first kappa shape index (κ1) is 18.7. The fourth-order valence-electron chi connectivity index (χ4n) is 3.02. The van der Waals surface area contributed by atoms with Gasteiger partial charge in [-0.05, 0) is 23.8 Å². The first-order valence-electron chi connectivity index (χ1n) is 8.79. The van der Waals surface area contributed by atoms with E-state index in [2.05, 4.69) is 25.4 Å². The van der Waals surface area contributed by atoms with Gasteiger partial charge in [-0.15, -0.1) is 0 Å². The molecule has 148 valence electrons. The molecule has 0 unspecified atom stereocenters. The predicted octanol–water partition coefficient (Wildman–Crippen LogP) is 2.24. The Morgan fingerprint density at radius 1 is 1.21 bits per heavy atom. The van der Waals surface area contributed by atoms with Crippen LogP contribution in [-0.4, -0.2) is 36.4 Å².